The molecule has 1 N–H and O–H groups in total. The first-order valence-electron chi connectivity index (χ1n) is 7.43. The van der Waals surface area contributed by atoms with Crippen LogP contribution < -0.4 is 14.8 Å². The average molecular weight is 360 g/mol. The lowest BCUT2D eigenvalue weighted by molar-refractivity contribution is 0.198. The summed E-state index contributed by atoms with van der Waals surface area (Å²) in [6, 6.07) is 4.10. The molecule has 4 nitrogen and oxygen atoms in total. The highest BCUT2D eigenvalue weighted by atomic mass is 79.9. The van der Waals surface area contributed by atoms with E-state index in [-0.39, 0.29) is 6.10 Å². The summed E-state index contributed by atoms with van der Waals surface area (Å²) in [6.07, 6.45) is 1.12. The molecule has 0 heterocycles. The molecule has 0 radical (unpaired) electrons. The molecule has 0 aromatic heterocycles. The zero-order valence-electron chi connectivity index (χ0n) is 13.4. The van der Waals surface area contributed by atoms with Crippen LogP contribution >= 0.6 is 15.9 Å². The molecule has 0 bridgehead atoms. The fraction of sp³-hybridized carbons (Fsp3) is 0.625. The summed E-state index contributed by atoms with van der Waals surface area (Å²) in [5.41, 5.74) is 1.15. The lowest BCUT2D eigenvalue weighted by atomic mass is 10.2. The van der Waals surface area contributed by atoms with Crippen molar-refractivity contribution in [3.63, 3.8) is 0 Å². The first-order chi connectivity index (χ1) is 10.1. The second kappa shape index (κ2) is 10.0. The average Bonchev–Trinajstić information content (AvgIpc) is 2.47. The van der Waals surface area contributed by atoms with Crippen LogP contribution in [0.3, 0.4) is 0 Å². The van der Waals surface area contributed by atoms with Gasteiger partial charge >= 0.3 is 0 Å². The topological polar surface area (TPSA) is 39.7 Å². The van der Waals surface area contributed by atoms with Crippen molar-refractivity contribution in [1.29, 1.82) is 0 Å². The maximum atomic E-state index is 5.96. The Labute approximate surface area is 136 Å². The van der Waals surface area contributed by atoms with E-state index in [2.05, 4.69) is 41.2 Å². The van der Waals surface area contributed by atoms with Gasteiger partial charge in [-0.3, -0.25) is 0 Å². The number of hydrogen-bond acceptors (Lipinski definition) is 4. The van der Waals surface area contributed by atoms with Crippen LogP contribution in [0.25, 0.3) is 0 Å². The van der Waals surface area contributed by atoms with Gasteiger partial charge in [0.15, 0.2) is 11.5 Å². The van der Waals surface area contributed by atoms with Gasteiger partial charge in [-0.2, -0.15) is 0 Å². The first-order valence-corrected chi connectivity index (χ1v) is 8.23. The molecule has 1 aromatic carbocycles. The van der Waals surface area contributed by atoms with Crippen molar-refractivity contribution in [1.82, 2.24) is 5.32 Å². The smallest absolute Gasteiger partial charge is 0.175 e. The third-order valence-electron chi connectivity index (χ3n) is 3.08. The molecule has 21 heavy (non-hydrogen) atoms. The monoisotopic (exact) mass is 359 g/mol. The highest BCUT2D eigenvalue weighted by Gasteiger charge is 2.14. The van der Waals surface area contributed by atoms with Crippen molar-refractivity contribution in [2.45, 2.75) is 39.8 Å². The predicted molar refractivity (Wildman–Crippen MR) is 89.3 cm³/mol. The Morgan fingerprint density at radius 3 is 2.67 bits per heavy atom. The number of rotatable bonds is 10. The van der Waals surface area contributed by atoms with E-state index in [4.69, 9.17) is 14.2 Å². The van der Waals surface area contributed by atoms with Gasteiger partial charge in [0.1, 0.15) is 0 Å². The third kappa shape index (κ3) is 6.24. The predicted octanol–water partition coefficient (Wildman–Crippen LogP) is 3.76. The lowest BCUT2D eigenvalue weighted by Gasteiger charge is -2.19. The molecule has 1 rings (SSSR count). The van der Waals surface area contributed by atoms with Crippen LogP contribution in [0.15, 0.2) is 16.6 Å². The van der Waals surface area contributed by atoms with Gasteiger partial charge in [0.2, 0.25) is 0 Å². The number of ether oxygens (including phenoxy) is 3. The SMILES string of the molecule is CCOc1cc(CNCCOC)cc(Br)c1OC(C)CC. The quantitative estimate of drug-likeness (QED) is 0.645. The summed E-state index contributed by atoms with van der Waals surface area (Å²) >= 11 is 3.59. The van der Waals surface area contributed by atoms with Crippen LogP contribution in [0, 0.1) is 0 Å². The zero-order valence-corrected chi connectivity index (χ0v) is 15.0. The van der Waals surface area contributed by atoms with Crippen molar-refractivity contribution in [3.05, 3.63) is 22.2 Å². The Morgan fingerprint density at radius 1 is 1.29 bits per heavy atom. The van der Waals surface area contributed by atoms with Gasteiger partial charge < -0.3 is 19.5 Å². The normalized spacial score (nSPS) is 12.2. The van der Waals surface area contributed by atoms with E-state index in [1.54, 1.807) is 7.11 Å². The van der Waals surface area contributed by atoms with Crippen LogP contribution in [0.4, 0.5) is 0 Å². The zero-order chi connectivity index (χ0) is 15.7. The minimum atomic E-state index is 0.159. The van der Waals surface area contributed by atoms with Crippen molar-refractivity contribution in [2.75, 3.05) is 26.9 Å². The highest BCUT2D eigenvalue weighted by molar-refractivity contribution is 9.10. The van der Waals surface area contributed by atoms with Gasteiger partial charge in [-0.1, -0.05) is 6.92 Å². The van der Waals surface area contributed by atoms with Crippen molar-refractivity contribution in [2.24, 2.45) is 0 Å². The van der Waals surface area contributed by atoms with Gasteiger partial charge in [0.25, 0.3) is 0 Å². The van der Waals surface area contributed by atoms with Crippen LogP contribution in [-0.2, 0) is 11.3 Å². The molecule has 5 heteroatoms. The van der Waals surface area contributed by atoms with E-state index in [0.29, 0.717) is 13.2 Å². The Morgan fingerprint density at radius 2 is 2.05 bits per heavy atom. The molecule has 120 valence electrons. The van der Waals surface area contributed by atoms with Gasteiger partial charge in [0, 0.05) is 20.2 Å². The summed E-state index contributed by atoms with van der Waals surface area (Å²) in [4.78, 5) is 0. The molecule has 0 spiro atoms. The summed E-state index contributed by atoms with van der Waals surface area (Å²) in [7, 11) is 1.70. The van der Waals surface area contributed by atoms with Gasteiger partial charge in [-0.05, 0) is 53.9 Å². The standard InChI is InChI=1S/C16H26BrNO3/c1-5-12(3)21-16-14(17)9-13(10-15(16)20-6-2)11-18-7-8-19-4/h9-10,12,18H,5-8,11H2,1-4H3. The summed E-state index contributed by atoms with van der Waals surface area (Å²) < 4.78 is 17.6. The van der Waals surface area contributed by atoms with Crippen LogP contribution in [0.2, 0.25) is 0 Å². The summed E-state index contributed by atoms with van der Waals surface area (Å²) in [5.74, 6) is 1.57. The largest absolute Gasteiger partial charge is 0.490 e. The number of methoxy groups -OCH3 is 1. The third-order valence-corrected chi connectivity index (χ3v) is 3.66. The molecule has 0 aliphatic heterocycles. The molecule has 1 aromatic rings. The fourth-order valence-electron chi connectivity index (χ4n) is 1.79. The minimum absolute atomic E-state index is 0.159. The van der Waals surface area contributed by atoms with E-state index >= 15 is 0 Å². The summed E-state index contributed by atoms with van der Waals surface area (Å²) in [6.45, 7) is 9.05. The molecule has 0 aliphatic carbocycles. The van der Waals surface area contributed by atoms with E-state index in [9.17, 15) is 0 Å². The Kier molecular flexibility index (Phi) is 8.73. The molecule has 1 unspecified atom stereocenters. The van der Waals surface area contributed by atoms with E-state index < -0.39 is 0 Å². The van der Waals surface area contributed by atoms with Crippen molar-refractivity contribution < 1.29 is 14.2 Å². The number of nitrogens with one attached hydrogen (secondary N) is 1. The molecule has 0 amide bonds. The molecule has 0 saturated carbocycles. The van der Waals surface area contributed by atoms with Crippen molar-refractivity contribution in [3.8, 4) is 11.5 Å². The van der Waals surface area contributed by atoms with Gasteiger partial charge in [0.05, 0.1) is 23.8 Å². The Bertz CT molecular complexity index is 426. The maximum absolute atomic E-state index is 5.96. The molecular formula is C16H26BrNO3. The number of halogens is 1. The van der Waals surface area contributed by atoms with Gasteiger partial charge in [-0.25, -0.2) is 0 Å². The highest BCUT2D eigenvalue weighted by Crippen LogP contribution is 2.37. The van der Waals surface area contributed by atoms with Crippen LogP contribution in [0.5, 0.6) is 11.5 Å². The van der Waals surface area contributed by atoms with Gasteiger partial charge in [-0.15, -0.1) is 0 Å². The molecule has 1 atom stereocenters. The van der Waals surface area contributed by atoms with E-state index in [1.807, 2.05) is 13.0 Å². The second-order valence-electron chi connectivity index (χ2n) is 4.84. The lowest BCUT2D eigenvalue weighted by Crippen LogP contribution is -2.18. The van der Waals surface area contributed by atoms with E-state index in [0.717, 1.165) is 41.0 Å². The fourth-order valence-corrected chi connectivity index (χ4v) is 2.38. The van der Waals surface area contributed by atoms with Crippen LogP contribution in [0.1, 0.15) is 32.8 Å². The Hall–Kier alpha value is -0.780. The number of hydrogen-bond donors (Lipinski definition) is 1. The van der Waals surface area contributed by atoms with E-state index in [1.165, 1.54) is 0 Å². The maximum Gasteiger partial charge on any atom is 0.175 e. The molecule has 0 saturated heterocycles. The van der Waals surface area contributed by atoms with Crippen LogP contribution in [-0.4, -0.2) is 33.0 Å². The molecular weight excluding hydrogens is 334 g/mol. The molecule has 0 aliphatic rings. The first kappa shape index (κ1) is 18.3. The Balaban J connectivity index is 2.84. The minimum Gasteiger partial charge on any atom is -0.490 e. The number of benzene rings is 1. The van der Waals surface area contributed by atoms with Crippen molar-refractivity contribution >= 4 is 15.9 Å². The molecule has 0 fully saturated rings. The summed E-state index contributed by atoms with van der Waals surface area (Å²) in [5, 5.41) is 3.33. The second-order valence-corrected chi connectivity index (χ2v) is 5.70.